The van der Waals surface area contributed by atoms with Gasteiger partial charge in [0.1, 0.15) is 6.04 Å². The van der Waals surface area contributed by atoms with Crippen LogP contribution in [0.2, 0.25) is 0 Å². The Kier molecular flexibility index (Phi) is 2.81. The lowest BCUT2D eigenvalue weighted by atomic mass is 10.2. The topological polar surface area (TPSA) is 75.8 Å². The number of carbonyl (C=O) groups is 1. The van der Waals surface area contributed by atoms with Crippen molar-refractivity contribution in [3.8, 4) is 0 Å². The summed E-state index contributed by atoms with van der Waals surface area (Å²) in [6.07, 6.45) is 0. The van der Waals surface area contributed by atoms with E-state index >= 15 is 0 Å². The molecule has 0 amide bonds. The molecule has 1 aliphatic heterocycles. The van der Waals surface area contributed by atoms with E-state index in [1.54, 1.807) is 4.90 Å². The van der Waals surface area contributed by atoms with Crippen molar-refractivity contribution < 1.29 is 14.6 Å². The van der Waals surface area contributed by atoms with Crippen molar-refractivity contribution in [2.24, 2.45) is 5.73 Å². The summed E-state index contributed by atoms with van der Waals surface area (Å²) in [7, 11) is 0. The van der Waals surface area contributed by atoms with Gasteiger partial charge in [-0.05, 0) is 0 Å². The largest absolute Gasteiger partial charge is 0.480 e. The molecule has 0 aromatic heterocycles. The molecular formula is C6H12N2O3. The molecule has 1 aliphatic rings. The summed E-state index contributed by atoms with van der Waals surface area (Å²) in [5.41, 5.74) is 5.34. The zero-order chi connectivity index (χ0) is 8.27. The highest BCUT2D eigenvalue weighted by molar-refractivity contribution is 5.73. The molecule has 1 unspecified atom stereocenters. The van der Waals surface area contributed by atoms with E-state index in [4.69, 9.17) is 15.6 Å². The third-order valence-electron chi connectivity index (χ3n) is 1.76. The van der Waals surface area contributed by atoms with Crippen molar-refractivity contribution in [1.82, 2.24) is 4.90 Å². The summed E-state index contributed by atoms with van der Waals surface area (Å²) in [5.74, 6) is -0.866. The number of nitrogens with zero attached hydrogens (tertiary/aromatic N) is 1. The number of carboxylic acids is 1. The van der Waals surface area contributed by atoms with Crippen LogP contribution in [-0.2, 0) is 9.53 Å². The Morgan fingerprint density at radius 3 is 3.00 bits per heavy atom. The van der Waals surface area contributed by atoms with Gasteiger partial charge in [0.2, 0.25) is 0 Å². The van der Waals surface area contributed by atoms with Gasteiger partial charge in [-0.2, -0.15) is 0 Å². The maximum absolute atomic E-state index is 10.5. The Balaban J connectivity index is 2.51. The molecule has 0 radical (unpaired) electrons. The molecule has 1 fully saturated rings. The van der Waals surface area contributed by atoms with Gasteiger partial charge >= 0.3 is 5.97 Å². The van der Waals surface area contributed by atoms with Crippen molar-refractivity contribution in [1.29, 1.82) is 0 Å². The Labute approximate surface area is 64.7 Å². The number of ether oxygens (including phenoxy) is 1. The van der Waals surface area contributed by atoms with Gasteiger partial charge in [-0.1, -0.05) is 0 Å². The molecule has 64 valence electrons. The molecule has 0 aliphatic carbocycles. The predicted molar refractivity (Wildman–Crippen MR) is 38.0 cm³/mol. The number of hydrogen-bond donors (Lipinski definition) is 2. The van der Waals surface area contributed by atoms with Crippen LogP contribution in [0.5, 0.6) is 0 Å². The van der Waals surface area contributed by atoms with Gasteiger partial charge in [0.15, 0.2) is 0 Å². The molecule has 5 nitrogen and oxygen atoms in total. The molecule has 0 aromatic rings. The zero-order valence-corrected chi connectivity index (χ0v) is 6.19. The van der Waals surface area contributed by atoms with Gasteiger partial charge < -0.3 is 15.6 Å². The summed E-state index contributed by atoms with van der Waals surface area (Å²) in [4.78, 5) is 12.2. The van der Waals surface area contributed by atoms with Gasteiger partial charge in [0.05, 0.1) is 13.2 Å². The summed E-state index contributed by atoms with van der Waals surface area (Å²) >= 11 is 0. The number of aliphatic carboxylic acids is 1. The predicted octanol–water partition coefficient (Wildman–Crippen LogP) is -1.31. The molecule has 0 aromatic carbocycles. The summed E-state index contributed by atoms with van der Waals surface area (Å²) in [5, 5.41) is 8.66. The van der Waals surface area contributed by atoms with E-state index in [1.165, 1.54) is 0 Å². The average molecular weight is 160 g/mol. The Morgan fingerprint density at radius 2 is 2.55 bits per heavy atom. The third-order valence-corrected chi connectivity index (χ3v) is 1.76. The molecule has 1 heterocycles. The lowest BCUT2D eigenvalue weighted by molar-refractivity contribution is -0.149. The molecule has 0 saturated carbocycles. The number of morpholine rings is 1. The van der Waals surface area contributed by atoms with Crippen molar-refractivity contribution >= 4 is 5.97 Å². The minimum Gasteiger partial charge on any atom is -0.480 e. The zero-order valence-electron chi connectivity index (χ0n) is 6.19. The van der Waals surface area contributed by atoms with E-state index in [0.717, 1.165) is 0 Å². The highest BCUT2D eigenvalue weighted by Gasteiger charge is 2.27. The van der Waals surface area contributed by atoms with Gasteiger partial charge in [-0.3, -0.25) is 9.69 Å². The lowest BCUT2D eigenvalue weighted by Gasteiger charge is -2.31. The van der Waals surface area contributed by atoms with Gasteiger partial charge in [0.25, 0.3) is 0 Å². The first-order chi connectivity index (χ1) is 5.25. The van der Waals surface area contributed by atoms with E-state index < -0.39 is 12.0 Å². The molecule has 3 N–H and O–H groups in total. The summed E-state index contributed by atoms with van der Waals surface area (Å²) in [6.45, 7) is 1.70. The van der Waals surface area contributed by atoms with Crippen LogP contribution in [0.4, 0.5) is 0 Å². The standard InChI is InChI=1S/C6H12N2O3/c7-4-8-1-2-11-3-5(8)6(9)10/h5H,1-4,7H2,(H,9,10). The first kappa shape index (κ1) is 8.45. The molecule has 0 bridgehead atoms. The van der Waals surface area contributed by atoms with Crippen LogP contribution in [0.25, 0.3) is 0 Å². The number of hydrogen-bond acceptors (Lipinski definition) is 4. The van der Waals surface area contributed by atoms with E-state index in [9.17, 15) is 4.79 Å². The van der Waals surface area contributed by atoms with Crippen LogP contribution in [0.1, 0.15) is 0 Å². The van der Waals surface area contributed by atoms with Crippen LogP contribution in [0, 0.1) is 0 Å². The molecule has 1 atom stereocenters. The summed E-state index contributed by atoms with van der Waals surface area (Å²) in [6, 6.07) is -0.561. The molecule has 11 heavy (non-hydrogen) atoms. The minimum absolute atomic E-state index is 0.243. The SMILES string of the molecule is NCN1CCOCC1C(=O)O. The van der Waals surface area contributed by atoms with Crippen LogP contribution in [-0.4, -0.2) is 48.4 Å². The van der Waals surface area contributed by atoms with Crippen LogP contribution in [0.3, 0.4) is 0 Å². The van der Waals surface area contributed by atoms with Crippen LogP contribution < -0.4 is 5.73 Å². The monoisotopic (exact) mass is 160 g/mol. The highest BCUT2D eigenvalue weighted by atomic mass is 16.5. The highest BCUT2D eigenvalue weighted by Crippen LogP contribution is 2.04. The van der Waals surface area contributed by atoms with E-state index in [2.05, 4.69) is 0 Å². The number of nitrogens with two attached hydrogens (primary N) is 1. The van der Waals surface area contributed by atoms with Crippen molar-refractivity contribution in [3.63, 3.8) is 0 Å². The average Bonchev–Trinajstić information content (AvgIpc) is 2.04. The minimum atomic E-state index is -0.866. The fourth-order valence-corrected chi connectivity index (χ4v) is 1.08. The molecule has 0 spiro atoms. The number of rotatable bonds is 2. The molecule has 5 heteroatoms. The molecular weight excluding hydrogens is 148 g/mol. The van der Waals surface area contributed by atoms with Gasteiger partial charge in [0, 0.05) is 13.2 Å². The Morgan fingerprint density at radius 1 is 1.82 bits per heavy atom. The third kappa shape index (κ3) is 1.89. The second kappa shape index (κ2) is 3.66. The lowest BCUT2D eigenvalue weighted by Crippen LogP contribution is -2.51. The Bertz CT molecular complexity index is 151. The van der Waals surface area contributed by atoms with Crippen LogP contribution >= 0.6 is 0 Å². The molecule has 1 saturated heterocycles. The second-order valence-electron chi connectivity index (χ2n) is 2.42. The van der Waals surface area contributed by atoms with E-state index in [-0.39, 0.29) is 13.3 Å². The number of carboxylic acid groups (broad SMARTS) is 1. The smallest absolute Gasteiger partial charge is 0.323 e. The van der Waals surface area contributed by atoms with E-state index in [1.807, 2.05) is 0 Å². The Hall–Kier alpha value is -0.650. The van der Waals surface area contributed by atoms with Crippen molar-refractivity contribution in [3.05, 3.63) is 0 Å². The van der Waals surface area contributed by atoms with Gasteiger partial charge in [-0.15, -0.1) is 0 Å². The first-order valence-electron chi connectivity index (χ1n) is 3.50. The maximum atomic E-state index is 10.5. The summed E-state index contributed by atoms with van der Waals surface area (Å²) < 4.78 is 5.00. The quantitative estimate of drug-likeness (QED) is 0.524. The van der Waals surface area contributed by atoms with E-state index in [0.29, 0.717) is 13.2 Å². The van der Waals surface area contributed by atoms with Crippen molar-refractivity contribution in [2.45, 2.75) is 6.04 Å². The normalized spacial score (nSPS) is 26.8. The second-order valence-corrected chi connectivity index (χ2v) is 2.42. The fourth-order valence-electron chi connectivity index (χ4n) is 1.08. The molecule has 1 rings (SSSR count). The fraction of sp³-hybridized carbons (Fsp3) is 0.833. The van der Waals surface area contributed by atoms with Crippen molar-refractivity contribution in [2.75, 3.05) is 26.4 Å². The first-order valence-corrected chi connectivity index (χ1v) is 3.50. The van der Waals surface area contributed by atoms with Gasteiger partial charge in [-0.25, -0.2) is 0 Å². The maximum Gasteiger partial charge on any atom is 0.323 e. The van der Waals surface area contributed by atoms with Crippen LogP contribution in [0.15, 0.2) is 0 Å².